The number of benzene rings is 2. The van der Waals surface area contributed by atoms with Gasteiger partial charge in [0.1, 0.15) is 18.0 Å². The first-order chi connectivity index (χ1) is 14.9. The highest BCUT2D eigenvalue weighted by atomic mass is 32.1. The Morgan fingerprint density at radius 3 is 2.55 bits per heavy atom. The van der Waals surface area contributed by atoms with Crippen molar-refractivity contribution < 1.29 is 23.5 Å². The summed E-state index contributed by atoms with van der Waals surface area (Å²) < 4.78 is 24.5. The maximum absolute atomic E-state index is 13.1. The van der Waals surface area contributed by atoms with Gasteiger partial charge in [-0.15, -0.1) is 6.58 Å². The number of nitrogens with one attached hydrogen (secondary N) is 1. The van der Waals surface area contributed by atoms with Crippen molar-refractivity contribution in [2.24, 2.45) is 0 Å². The molecule has 0 aromatic heterocycles. The Balaban J connectivity index is 1.84. The summed E-state index contributed by atoms with van der Waals surface area (Å²) in [7, 11) is 0. The molecule has 1 saturated heterocycles. The summed E-state index contributed by atoms with van der Waals surface area (Å²) in [6, 6.07) is 11.1. The van der Waals surface area contributed by atoms with Gasteiger partial charge in [0, 0.05) is 6.54 Å². The van der Waals surface area contributed by atoms with E-state index in [1.807, 2.05) is 6.92 Å². The quantitative estimate of drug-likeness (QED) is 0.294. The van der Waals surface area contributed by atoms with Gasteiger partial charge in [-0.2, -0.15) is 0 Å². The predicted molar refractivity (Wildman–Crippen MR) is 119 cm³/mol. The molecule has 1 heterocycles. The van der Waals surface area contributed by atoms with Crippen LogP contribution in [-0.4, -0.2) is 35.0 Å². The lowest BCUT2D eigenvalue weighted by atomic mass is 10.1. The van der Waals surface area contributed by atoms with Crippen molar-refractivity contribution >= 4 is 35.2 Å². The summed E-state index contributed by atoms with van der Waals surface area (Å²) in [6.07, 6.45) is 3.00. The van der Waals surface area contributed by atoms with Crippen LogP contribution in [0.2, 0.25) is 0 Å². The number of nitrogens with zero attached hydrogens (tertiary/aromatic N) is 1. The average molecular weight is 440 g/mol. The Hall–Kier alpha value is -3.52. The molecule has 2 aromatic rings. The van der Waals surface area contributed by atoms with Gasteiger partial charge in [-0.1, -0.05) is 24.3 Å². The van der Waals surface area contributed by atoms with Crippen molar-refractivity contribution in [3.8, 4) is 11.5 Å². The van der Waals surface area contributed by atoms with E-state index >= 15 is 0 Å². The highest BCUT2D eigenvalue weighted by molar-refractivity contribution is 7.80. The lowest BCUT2D eigenvalue weighted by Crippen LogP contribution is -2.53. The maximum Gasteiger partial charge on any atom is 0.265 e. The van der Waals surface area contributed by atoms with Crippen molar-refractivity contribution in [2.75, 3.05) is 13.2 Å². The van der Waals surface area contributed by atoms with Gasteiger partial charge in [-0.25, -0.2) is 4.39 Å². The normalized spacial score (nSPS) is 15.1. The molecule has 2 aromatic carbocycles. The minimum absolute atomic E-state index is 0.0436. The molecule has 1 N–H and O–H groups in total. The number of ether oxygens (including phenoxy) is 2. The first-order valence-corrected chi connectivity index (χ1v) is 9.97. The van der Waals surface area contributed by atoms with Gasteiger partial charge >= 0.3 is 0 Å². The largest absolute Gasteiger partial charge is 0.490 e. The lowest BCUT2D eigenvalue weighted by Gasteiger charge is -2.27. The number of thiocarbonyl (C=S) groups is 1. The molecule has 0 aliphatic carbocycles. The number of rotatable bonds is 8. The van der Waals surface area contributed by atoms with Crippen LogP contribution in [0.25, 0.3) is 6.08 Å². The molecule has 8 heteroatoms. The monoisotopic (exact) mass is 440 g/mol. The zero-order valence-electron chi connectivity index (χ0n) is 16.9. The van der Waals surface area contributed by atoms with E-state index in [1.54, 1.807) is 30.3 Å². The molecule has 2 amide bonds. The van der Waals surface area contributed by atoms with E-state index in [-0.39, 0.29) is 29.7 Å². The molecule has 1 aliphatic heterocycles. The molecule has 0 spiro atoms. The molecule has 6 nitrogen and oxygen atoms in total. The number of halogens is 1. The van der Waals surface area contributed by atoms with Crippen LogP contribution in [0.4, 0.5) is 4.39 Å². The van der Waals surface area contributed by atoms with Crippen LogP contribution in [0.5, 0.6) is 11.5 Å². The number of amides is 2. The highest BCUT2D eigenvalue weighted by Crippen LogP contribution is 2.30. The van der Waals surface area contributed by atoms with Crippen molar-refractivity contribution in [3.05, 3.63) is 77.6 Å². The van der Waals surface area contributed by atoms with Crippen LogP contribution >= 0.6 is 12.2 Å². The summed E-state index contributed by atoms with van der Waals surface area (Å²) in [6.45, 7) is 6.26. The minimum Gasteiger partial charge on any atom is -0.490 e. The third-order valence-corrected chi connectivity index (χ3v) is 4.71. The summed E-state index contributed by atoms with van der Waals surface area (Å²) in [5, 5.41) is 2.56. The second-order valence-corrected chi connectivity index (χ2v) is 6.96. The molecule has 0 radical (unpaired) electrons. The predicted octanol–water partition coefficient (Wildman–Crippen LogP) is 3.62. The third kappa shape index (κ3) is 5.35. The minimum atomic E-state index is -0.565. The van der Waals surface area contributed by atoms with Crippen molar-refractivity contribution in [3.63, 3.8) is 0 Å². The molecule has 1 aliphatic rings. The molecule has 0 saturated carbocycles. The Kier molecular flexibility index (Phi) is 7.15. The average Bonchev–Trinajstić information content (AvgIpc) is 2.75. The molecule has 0 bridgehead atoms. The first-order valence-electron chi connectivity index (χ1n) is 9.56. The van der Waals surface area contributed by atoms with E-state index in [9.17, 15) is 14.0 Å². The Morgan fingerprint density at radius 2 is 1.87 bits per heavy atom. The zero-order chi connectivity index (χ0) is 22.4. The van der Waals surface area contributed by atoms with Gasteiger partial charge < -0.3 is 9.47 Å². The maximum atomic E-state index is 13.1. The van der Waals surface area contributed by atoms with E-state index in [0.29, 0.717) is 23.7 Å². The molecule has 0 unspecified atom stereocenters. The Morgan fingerprint density at radius 1 is 1.13 bits per heavy atom. The fourth-order valence-electron chi connectivity index (χ4n) is 2.90. The van der Waals surface area contributed by atoms with E-state index in [2.05, 4.69) is 11.9 Å². The number of hydrogen-bond acceptors (Lipinski definition) is 5. The SMILES string of the molecule is C=CCN1C(=O)/C(=C\c2ccc(OCc3ccc(F)cc3)c(OCC)c2)C(=O)NC1=S. The van der Waals surface area contributed by atoms with E-state index in [1.165, 1.54) is 29.2 Å². The topological polar surface area (TPSA) is 67.9 Å². The second-order valence-electron chi connectivity index (χ2n) is 6.58. The fourth-order valence-corrected chi connectivity index (χ4v) is 3.15. The smallest absolute Gasteiger partial charge is 0.265 e. The van der Waals surface area contributed by atoms with Gasteiger partial charge in [-0.05, 0) is 60.6 Å². The molecule has 3 rings (SSSR count). The van der Waals surface area contributed by atoms with Gasteiger partial charge in [0.2, 0.25) is 0 Å². The Labute approximate surface area is 185 Å². The second kappa shape index (κ2) is 9.99. The zero-order valence-corrected chi connectivity index (χ0v) is 17.7. The summed E-state index contributed by atoms with van der Waals surface area (Å²) in [5.41, 5.74) is 1.35. The molecular weight excluding hydrogens is 419 g/mol. The van der Waals surface area contributed by atoms with Gasteiger partial charge in [-0.3, -0.25) is 19.8 Å². The summed E-state index contributed by atoms with van der Waals surface area (Å²) in [4.78, 5) is 26.3. The lowest BCUT2D eigenvalue weighted by molar-refractivity contribution is -0.128. The number of hydrogen-bond donors (Lipinski definition) is 1. The summed E-state index contributed by atoms with van der Waals surface area (Å²) >= 11 is 5.05. The van der Waals surface area contributed by atoms with Crippen molar-refractivity contribution in [2.45, 2.75) is 13.5 Å². The standard InChI is InChI=1S/C23H21FN2O4S/c1-3-11-26-22(28)18(21(27)25-23(26)31)12-16-7-10-19(20(13-16)29-4-2)30-14-15-5-8-17(24)9-6-15/h3,5-10,12-13H,1,4,11,14H2,2H3,(H,25,27,31)/b18-12-. The van der Waals surface area contributed by atoms with Crippen LogP contribution in [0.1, 0.15) is 18.1 Å². The van der Waals surface area contributed by atoms with Crippen LogP contribution < -0.4 is 14.8 Å². The molecule has 31 heavy (non-hydrogen) atoms. The van der Waals surface area contributed by atoms with Crippen LogP contribution in [-0.2, 0) is 16.2 Å². The molecule has 160 valence electrons. The Bertz CT molecular complexity index is 1050. The first kappa shape index (κ1) is 22.2. The van der Waals surface area contributed by atoms with Crippen LogP contribution in [0.3, 0.4) is 0 Å². The van der Waals surface area contributed by atoms with Crippen LogP contribution in [0, 0.1) is 5.82 Å². The molecule has 0 atom stereocenters. The summed E-state index contributed by atoms with van der Waals surface area (Å²) in [5.74, 6) is -0.429. The van der Waals surface area contributed by atoms with E-state index in [0.717, 1.165) is 5.56 Å². The molecule has 1 fully saturated rings. The third-order valence-electron chi connectivity index (χ3n) is 4.38. The fraction of sp³-hybridized carbons (Fsp3) is 0.174. The van der Waals surface area contributed by atoms with Gasteiger partial charge in [0.15, 0.2) is 16.6 Å². The highest BCUT2D eigenvalue weighted by Gasteiger charge is 2.32. The van der Waals surface area contributed by atoms with Gasteiger partial charge in [0.05, 0.1) is 6.61 Å². The molecular formula is C23H21FN2O4S. The van der Waals surface area contributed by atoms with Crippen molar-refractivity contribution in [1.82, 2.24) is 10.2 Å². The van der Waals surface area contributed by atoms with Gasteiger partial charge in [0.25, 0.3) is 11.8 Å². The van der Waals surface area contributed by atoms with Crippen molar-refractivity contribution in [1.29, 1.82) is 0 Å². The van der Waals surface area contributed by atoms with E-state index in [4.69, 9.17) is 21.7 Å². The van der Waals surface area contributed by atoms with Crippen LogP contribution in [0.15, 0.2) is 60.7 Å². The number of carbonyl (C=O) groups excluding carboxylic acids is 2. The number of carbonyl (C=O) groups is 2. The van der Waals surface area contributed by atoms with E-state index < -0.39 is 11.8 Å².